The van der Waals surface area contributed by atoms with Gasteiger partial charge in [-0.15, -0.1) is 0 Å². The number of fused-ring (bicyclic) bond motifs is 6. The van der Waals surface area contributed by atoms with E-state index in [9.17, 15) is 0 Å². The number of benzene rings is 17. The van der Waals surface area contributed by atoms with Crippen molar-refractivity contribution >= 4 is 32.3 Å². The van der Waals surface area contributed by atoms with Crippen molar-refractivity contribution in [2.24, 2.45) is 0 Å². The van der Waals surface area contributed by atoms with Crippen molar-refractivity contribution in [3.63, 3.8) is 0 Å². The third-order valence-corrected chi connectivity index (χ3v) is 25.4. The Labute approximate surface area is 882 Å². The molecule has 23 rings (SSSR count). The summed E-state index contributed by atoms with van der Waals surface area (Å²) in [5.74, 6) is 5.87. The van der Waals surface area contributed by atoms with Crippen LogP contribution in [0.3, 0.4) is 0 Å². The Hall–Kier alpha value is -17.3. The van der Waals surface area contributed by atoms with Crippen LogP contribution in [0.1, 0.15) is 188 Å². The van der Waals surface area contributed by atoms with Gasteiger partial charge in [-0.3, -0.25) is 0 Å². The summed E-state index contributed by atoms with van der Waals surface area (Å²) in [5, 5.41) is 7.21. The molecule has 0 fully saturated rings. The van der Waals surface area contributed by atoms with Crippen LogP contribution in [0.4, 0.5) is 0 Å². The molecule has 146 heavy (non-hydrogen) atoms. The minimum atomic E-state index is -0.446. The summed E-state index contributed by atoms with van der Waals surface area (Å²) >= 11 is 0. The quantitative estimate of drug-likeness (QED) is 0.0797. The molecular weight excluding hydrogens is 1780 g/mol. The molecule has 13 nitrogen and oxygen atoms in total. The highest BCUT2D eigenvalue weighted by molar-refractivity contribution is 5.99. The van der Waals surface area contributed by atoms with E-state index in [0.29, 0.717) is 103 Å². The summed E-state index contributed by atoms with van der Waals surface area (Å²) in [4.78, 5) is 61.2. The Morgan fingerprint density at radius 3 is 1.10 bits per heavy atom. The molecule has 1 aliphatic rings. The van der Waals surface area contributed by atoms with E-state index >= 15 is 0 Å². The van der Waals surface area contributed by atoms with Gasteiger partial charge < -0.3 is 0 Å². The Balaban J connectivity index is 0.000000126. The van der Waals surface area contributed by atoms with E-state index in [1.165, 1.54) is 49.4 Å². The summed E-state index contributed by atoms with van der Waals surface area (Å²) in [6.07, 6.45) is 0. The van der Waals surface area contributed by atoms with E-state index in [4.69, 9.17) is 54.6 Å². The van der Waals surface area contributed by atoms with Crippen LogP contribution in [0.15, 0.2) is 424 Å². The van der Waals surface area contributed by atoms with Gasteiger partial charge in [-0.05, 0) is 137 Å². The Bertz CT molecular complexity index is 9370. The number of nitrogens with zero attached hydrogens (tertiary/aromatic N) is 13. The highest BCUT2D eigenvalue weighted by atomic mass is 15.1. The van der Waals surface area contributed by atoms with E-state index in [1.807, 2.05) is 201 Å². The monoisotopic (exact) mass is 1910 g/mol. The van der Waals surface area contributed by atoms with Crippen LogP contribution in [0, 0.1) is 13.8 Å². The van der Waals surface area contributed by atoms with Gasteiger partial charge >= 0.3 is 0 Å². The number of aromatic nitrogens is 13. The highest BCUT2D eigenvalue weighted by Gasteiger charge is 2.38. The lowest BCUT2D eigenvalue weighted by molar-refractivity contribution is 0.660. The molecule has 714 valence electrons. The lowest BCUT2D eigenvalue weighted by Crippen LogP contribution is -2.17. The van der Waals surface area contributed by atoms with Crippen molar-refractivity contribution in [2.75, 3.05) is 0 Å². The van der Waals surface area contributed by atoms with Crippen LogP contribution in [-0.4, -0.2) is 64.8 Å². The predicted molar refractivity (Wildman–Crippen MR) is 604 cm³/mol. The summed E-state index contributed by atoms with van der Waals surface area (Å²) in [6, 6.07) is 101. The molecular formula is C133H117N13. The van der Waals surface area contributed by atoms with Crippen molar-refractivity contribution in [1.29, 1.82) is 0 Å². The first-order valence-corrected chi connectivity index (χ1v) is 49.0. The largest absolute Gasteiger partial charge is 0.248 e. The maximum absolute atomic E-state index is 8.59. The van der Waals surface area contributed by atoms with Crippen LogP contribution < -0.4 is 0 Å². The minimum Gasteiger partial charge on any atom is -0.248 e. The first-order chi connectivity index (χ1) is 78.6. The zero-order valence-corrected chi connectivity index (χ0v) is 83.7. The fourth-order valence-corrected chi connectivity index (χ4v) is 17.7. The maximum atomic E-state index is 8.59. The lowest BCUT2D eigenvalue weighted by Gasteiger charge is -2.24. The maximum Gasteiger partial charge on any atom is 0.164 e. The number of pyridine rings is 1. The van der Waals surface area contributed by atoms with E-state index < -0.39 is 24.2 Å². The van der Waals surface area contributed by atoms with Gasteiger partial charge in [0.15, 0.2) is 46.6 Å². The second-order valence-electron chi connectivity index (χ2n) is 37.7. The standard InChI is InChI=1S/C29H25N3.C28H27N3.C28H23N.2C24H21N3/c1-19(2)27-30-28(23-17-16-21-11-5-6-12-22(21)18-23)32-29(31-27)26-15-9-8-14-25(26)24-13-7-4-10-20(24)3;1-17(2)25-29-26(19-15-13-18(3)14-16-19)31-27(30-25)22-11-8-10-21-20-9-6-7-12-23(20)28(4,5)24(21)22;1-19(2)22-17-27(25-15-7-11-20-9-3-5-13-23(20)25)29-28(18-22)26-16-8-12-21-10-4-6-14-24(21)26;1-17(2)22-25-23(19-13-7-4-8-14-19)27-24(26-22)21-16-10-9-15-20(21)18-11-5-3-6-12-18;1-17(2)22-25-23(20-11-7-4-8-12-20)27-24(26-22)21-15-13-19(14-16-21)18-9-5-3-6-10-18/h4-19H,1-3H3;6-17H,1-5H3;3-19H,1-2H3;2*3-17H,1-2H3/i4D,7D,10D,13D;13D,14D,15D,16D;;3D,5D,6D,11D,12D;4D,7D,8D,11D,12D. The molecule has 0 spiro atoms. The van der Waals surface area contributed by atoms with Crippen molar-refractivity contribution < 1.29 is 24.7 Å². The molecule has 0 radical (unpaired) electrons. The second kappa shape index (κ2) is 44.1. The average molecular weight is 1920 g/mol. The molecule has 0 aliphatic heterocycles. The van der Waals surface area contributed by atoms with Crippen molar-refractivity contribution in [3.8, 4) is 158 Å². The molecule has 0 N–H and O–H groups in total. The summed E-state index contributed by atoms with van der Waals surface area (Å²) in [5.41, 5.74) is 19.6. The van der Waals surface area contributed by atoms with Crippen molar-refractivity contribution in [3.05, 3.63) is 475 Å². The van der Waals surface area contributed by atoms with Crippen LogP contribution in [0.25, 0.3) is 190 Å². The zero-order chi connectivity index (χ0) is 117. The normalized spacial score (nSPS) is 13.4. The number of rotatable bonds is 18. The number of hydrogen-bond donors (Lipinski definition) is 0. The molecule has 13 heteroatoms. The second-order valence-corrected chi connectivity index (χ2v) is 37.7. The Morgan fingerprint density at radius 1 is 0.212 bits per heavy atom. The van der Waals surface area contributed by atoms with Crippen LogP contribution >= 0.6 is 0 Å². The molecule has 0 saturated heterocycles. The Morgan fingerprint density at radius 2 is 0.562 bits per heavy atom. The molecule has 0 unspecified atom stereocenters. The molecule has 5 heterocycles. The van der Waals surface area contributed by atoms with Crippen LogP contribution in [0.5, 0.6) is 0 Å². The van der Waals surface area contributed by atoms with E-state index in [-0.39, 0.29) is 142 Å². The van der Waals surface area contributed by atoms with Crippen LogP contribution in [0.2, 0.25) is 0 Å². The summed E-state index contributed by atoms with van der Waals surface area (Å²) in [7, 11) is 0. The minimum absolute atomic E-state index is 0.0165. The predicted octanol–water partition coefficient (Wildman–Crippen LogP) is 34.2. The summed E-state index contributed by atoms with van der Waals surface area (Å²) < 4.78 is 148. The zero-order valence-electron chi connectivity index (χ0n) is 102. The third-order valence-electron chi connectivity index (χ3n) is 25.4. The first kappa shape index (κ1) is 77.4. The van der Waals surface area contributed by atoms with Gasteiger partial charge in [0.1, 0.15) is 23.3 Å². The third kappa shape index (κ3) is 21.9. The van der Waals surface area contributed by atoms with Gasteiger partial charge in [0.2, 0.25) is 0 Å². The fraction of sp³-hybridized carbons (Fsp3) is 0.150. The fourth-order valence-electron chi connectivity index (χ4n) is 17.7. The SMILES string of the molecule is CC(C)c1cc(-c2cccc3ccccc23)nc(-c2cccc3ccccc23)c1.[2H]c1c([2H])c(-c2nc(-c3cccc4c3C(C)(C)c3ccccc3-4)nc(C(C)C)n2)c([2H])c([2H])c1C.[2H]c1c([2H])c([2H])c(-c2ccccc2-c2nc(-c3ccc4ccccc4c3)nc(C(C)C)n2)c(C)c1[2H].[2H]c1c([2H])c([2H])c(-c2ccccc2-c2nc(-c3ccccc3)nc(C(C)C)n2)c([2H])c1[2H].[2H]c1c([2H])c([2H])c(-c2nc(-c3ccc(-c4ccccc4)cc3)nc(C(C)C)n2)c([2H])c1[2H]. The van der Waals surface area contributed by atoms with Crippen LogP contribution in [-0.2, 0) is 5.41 Å². The van der Waals surface area contributed by atoms with Gasteiger partial charge in [0.25, 0.3) is 0 Å². The van der Waals surface area contributed by atoms with Gasteiger partial charge in [-0.2, -0.15) is 0 Å². The molecule has 0 amide bonds. The lowest BCUT2D eigenvalue weighted by atomic mass is 9.80. The first-order valence-electron chi connectivity index (χ1n) is 58.0. The molecule has 1 aliphatic carbocycles. The Kier molecular flexibility index (Phi) is 23.4. The van der Waals surface area contributed by atoms with E-state index in [1.54, 1.807) is 32.0 Å². The molecule has 0 bridgehead atoms. The van der Waals surface area contributed by atoms with Gasteiger partial charge in [-0.1, -0.05) is 495 Å². The summed E-state index contributed by atoms with van der Waals surface area (Å²) in [6.45, 7) is 28.1. The molecule has 5 aromatic heterocycles. The van der Waals surface area contributed by atoms with Gasteiger partial charge in [0.05, 0.1) is 36.1 Å². The highest BCUT2D eigenvalue weighted by Crippen LogP contribution is 2.52. The molecule has 22 aromatic rings. The average Bonchev–Trinajstić information content (AvgIpc) is 1.56. The molecule has 0 atom stereocenters. The van der Waals surface area contributed by atoms with Crippen molar-refractivity contribution in [2.45, 2.75) is 132 Å². The number of hydrogen-bond acceptors (Lipinski definition) is 13. The van der Waals surface area contributed by atoms with E-state index in [0.717, 1.165) is 66.7 Å². The van der Waals surface area contributed by atoms with Crippen molar-refractivity contribution in [1.82, 2.24) is 64.8 Å². The topological polar surface area (TPSA) is 168 Å². The smallest absolute Gasteiger partial charge is 0.164 e. The van der Waals surface area contributed by atoms with Gasteiger partial charge in [-0.25, -0.2) is 64.8 Å². The molecule has 17 aromatic carbocycles. The van der Waals surface area contributed by atoms with Gasteiger partial charge in [0, 0.05) is 84.7 Å². The molecule has 0 saturated carbocycles. The van der Waals surface area contributed by atoms with E-state index in [2.05, 4.69) is 214 Å².